The number of rotatable bonds is 6. The fourth-order valence-electron chi connectivity index (χ4n) is 2.50. The van der Waals surface area contributed by atoms with Gasteiger partial charge >= 0.3 is 0 Å². The van der Waals surface area contributed by atoms with Gasteiger partial charge in [0.05, 0.1) is 6.42 Å². The Labute approximate surface area is 151 Å². The molecule has 2 aromatic carbocycles. The Bertz CT molecular complexity index is 749. The van der Waals surface area contributed by atoms with E-state index in [2.05, 4.69) is 5.32 Å². The first-order valence-electron chi connectivity index (χ1n) is 7.90. The van der Waals surface area contributed by atoms with Crippen molar-refractivity contribution in [1.29, 1.82) is 0 Å². The summed E-state index contributed by atoms with van der Waals surface area (Å²) in [5.41, 5.74) is 1.52. The molecule has 2 aromatic rings. The van der Waals surface area contributed by atoms with Crippen molar-refractivity contribution in [2.75, 3.05) is 7.05 Å². The van der Waals surface area contributed by atoms with Crippen LogP contribution in [-0.2, 0) is 22.6 Å². The molecule has 2 rings (SSSR count). The van der Waals surface area contributed by atoms with Crippen LogP contribution < -0.4 is 5.32 Å². The fraction of sp³-hybridized carbons (Fsp3) is 0.263. The minimum atomic E-state index is -0.642. The zero-order valence-corrected chi connectivity index (χ0v) is 14.9. The van der Waals surface area contributed by atoms with E-state index in [4.69, 9.17) is 11.6 Å². The standard InChI is InChI=1S/C19H20ClFN2O2/c1-13(19(25)22-2)23(12-15-4-3-5-16(20)10-15)18(24)11-14-6-8-17(21)9-7-14/h3-10,13H,11-12H2,1-2H3,(H,22,25). The van der Waals surface area contributed by atoms with E-state index < -0.39 is 6.04 Å². The number of hydrogen-bond acceptors (Lipinski definition) is 2. The first-order chi connectivity index (χ1) is 11.9. The predicted octanol–water partition coefficient (Wildman–Crippen LogP) is 3.18. The van der Waals surface area contributed by atoms with Crippen molar-refractivity contribution in [3.8, 4) is 0 Å². The first-order valence-corrected chi connectivity index (χ1v) is 8.28. The Kier molecular flexibility index (Phi) is 6.53. The van der Waals surface area contributed by atoms with Gasteiger partial charge in [-0.3, -0.25) is 9.59 Å². The number of hydrogen-bond donors (Lipinski definition) is 1. The Hall–Kier alpha value is -2.40. The van der Waals surface area contributed by atoms with Crippen molar-refractivity contribution in [3.63, 3.8) is 0 Å². The minimum absolute atomic E-state index is 0.0855. The van der Waals surface area contributed by atoms with E-state index in [0.717, 1.165) is 5.56 Å². The molecule has 6 heteroatoms. The zero-order chi connectivity index (χ0) is 18.4. The molecule has 1 unspecified atom stereocenters. The lowest BCUT2D eigenvalue weighted by Crippen LogP contribution is -2.47. The first kappa shape index (κ1) is 18.9. The number of carbonyl (C=O) groups excluding carboxylic acids is 2. The summed E-state index contributed by atoms with van der Waals surface area (Å²) in [5, 5.41) is 3.13. The Morgan fingerprint density at radius 2 is 1.84 bits per heavy atom. The molecule has 0 heterocycles. The zero-order valence-electron chi connectivity index (χ0n) is 14.1. The second kappa shape index (κ2) is 8.62. The van der Waals surface area contributed by atoms with E-state index in [1.807, 2.05) is 6.07 Å². The largest absolute Gasteiger partial charge is 0.357 e. The highest BCUT2D eigenvalue weighted by Crippen LogP contribution is 2.16. The van der Waals surface area contributed by atoms with Crippen LogP contribution in [0.15, 0.2) is 48.5 Å². The van der Waals surface area contributed by atoms with E-state index >= 15 is 0 Å². The number of amides is 2. The number of carbonyl (C=O) groups is 2. The van der Waals surface area contributed by atoms with Gasteiger partial charge in [0.15, 0.2) is 0 Å². The highest BCUT2D eigenvalue weighted by atomic mass is 35.5. The number of likely N-dealkylation sites (N-methyl/N-ethyl adjacent to an activating group) is 1. The summed E-state index contributed by atoms with van der Waals surface area (Å²) in [6.45, 7) is 1.93. The van der Waals surface area contributed by atoms with Gasteiger partial charge in [-0.15, -0.1) is 0 Å². The SMILES string of the molecule is CNC(=O)C(C)N(Cc1cccc(Cl)c1)C(=O)Cc1ccc(F)cc1. The summed E-state index contributed by atoms with van der Waals surface area (Å²) >= 11 is 6.00. The van der Waals surface area contributed by atoms with Crippen LogP contribution in [0.3, 0.4) is 0 Å². The Morgan fingerprint density at radius 3 is 2.44 bits per heavy atom. The molecule has 0 spiro atoms. The maximum Gasteiger partial charge on any atom is 0.242 e. The highest BCUT2D eigenvalue weighted by molar-refractivity contribution is 6.30. The van der Waals surface area contributed by atoms with Gasteiger partial charge in [0.25, 0.3) is 0 Å². The third-order valence-electron chi connectivity index (χ3n) is 3.92. The second-order valence-corrected chi connectivity index (χ2v) is 6.18. The summed E-state index contributed by atoms with van der Waals surface area (Å²) in [7, 11) is 1.53. The second-order valence-electron chi connectivity index (χ2n) is 5.75. The lowest BCUT2D eigenvalue weighted by atomic mass is 10.1. The van der Waals surface area contributed by atoms with E-state index in [0.29, 0.717) is 10.6 Å². The third-order valence-corrected chi connectivity index (χ3v) is 4.16. The number of halogens is 2. The predicted molar refractivity (Wildman–Crippen MR) is 95.6 cm³/mol. The van der Waals surface area contributed by atoms with Gasteiger partial charge in [-0.2, -0.15) is 0 Å². The van der Waals surface area contributed by atoms with Crippen LogP contribution in [0, 0.1) is 5.82 Å². The van der Waals surface area contributed by atoms with Crippen molar-refractivity contribution in [3.05, 3.63) is 70.5 Å². The summed E-state index contributed by atoms with van der Waals surface area (Å²) in [6, 6.07) is 12.3. The van der Waals surface area contributed by atoms with Crippen LogP contribution in [0.1, 0.15) is 18.1 Å². The third kappa shape index (κ3) is 5.29. The monoisotopic (exact) mass is 362 g/mol. The maximum absolute atomic E-state index is 13.0. The molecule has 0 aromatic heterocycles. The van der Waals surface area contributed by atoms with Gasteiger partial charge in [0, 0.05) is 18.6 Å². The van der Waals surface area contributed by atoms with E-state index in [1.165, 1.54) is 24.1 Å². The molecular formula is C19H20ClFN2O2. The molecular weight excluding hydrogens is 343 g/mol. The normalized spacial score (nSPS) is 11.7. The molecule has 1 atom stereocenters. The summed E-state index contributed by atoms with van der Waals surface area (Å²) in [5.74, 6) is -0.831. The van der Waals surface area contributed by atoms with Crippen molar-refractivity contribution < 1.29 is 14.0 Å². The molecule has 2 amide bonds. The maximum atomic E-state index is 13.0. The Balaban J connectivity index is 2.21. The average Bonchev–Trinajstić information content (AvgIpc) is 2.60. The number of nitrogens with one attached hydrogen (secondary N) is 1. The molecule has 0 aliphatic carbocycles. The van der Waals surface area contributed by atoms with Gasteiger partial charge in [-0.25, -0.2) is 4.39 Å². The van der Waals surface area contributed by atoms with Crippen LogP contribution in [-0.4, -0.2) is 29.8 Å². The van der Waals surface area contributed by atoms with Crippen LogP contribution in [0.25, 0.3) is 0 Å². The summed E-state index contributed by atoms with van der Waals surface area (Å²) in [6.07, 6.45) is 0.0855. The van der Waals surface area contributed by atoms with Crippen molar-refractivity contribution in [2.24, 2.45) is 0 Å². The number of benzene rings is 2. The Morgan fingerprint density at radius 1 is 1.16 bits per heavy atom. The molecule has 0 fully saturated rings. The highest BCUT2D eigenvalue weighted by Gasteiger charge is 2.25. The lowest BCUT2D eigenvalue weighted by molar-refractivity contribution is -0.139. The van der Waals surface area contributed by atoms with Crippen molar-refractivity contribution in [1.82, 2.24) is 10.2 Å². The molecule has 0 saturated heterocycles. The summed E-state index contributed by atoms with van der Waals surface area (Å²) < 4.78 is 13.0. The van der Waals surface area contributed by atoms with Gasteiger partial charge in [0.1, 0.15) is 11.9 Å². The van der Waals surface area contributed by atoms with Gasteiger partial charge in [-0.05, 0) is 42.3 Å². The van der Waals surface area contributed by atoms with Gasteiger partial charge in [-0.1, -0.05) is 35.9 Å². The van der Waals surface area contributed by atoms with Crippen LogP contribution in [0.5, 0.6) is 0 Å². The van der Waals surface area contributed by atoms with Crippen molar-refractivity contribution >= 4 is 23.4 Å². The molecule has 132 valence electrons. The molecule has 1 N–H and O–H groups in total. The van der Waals surface area contributed by atoms with Crippen LogP contribution in [0.2, 0.25) is 5.02 Å². The fourth-order valence-corrected chi connectivity index (χ4v) is 2.71. The lowest BCUT2D eigenvalue weighted by Gasteiger charge is -2.28. The molecule has 4 nitrogen and oxygen atoms in total. The molecule has 0 radical (unpaired) electrons. The quantitative estimate of drug-likeness (QED) is 0.858. The van der Waals surface area contributed by atoms with Crippen LogP contribution >= 0.6 is 11.6 Å². The van der Waals surface area contributed by atoms with Crippen LogP contribution in [0.4, 0.5) is 4.39 Å². The minimum Gasteiger partial charge on any atom is -0.357 e. The number of nitrogens with zero attached hydrogens (tertiary/aromatic N) is 1. The van der Waals surface area contributed by atoms with Crippen molar-refractivity contribution in [2.45, 2.75) is 25.9 Å². The summed E-state index contributed by atoms with van der Waals surface area (Å²) in [4.78, 5) is 26.3. The topological polar surface area (TPSA) is 49.4 Å². The van der Waals surface area contributed by atoms with E-state index in [1.54, 1.807) is 37.3 Å². The molecule has 0 aliphatic rings. The van der Waals surface area contributed by atoms with E-state index in [9.17, 15) is 14.0 Å². The molecule has 0 saturated carbocycles. The van der Waals surface area contributed by atoms with E-state index in [-0.39, 0.29) is 30.6 Å². The average molecular weight is 363 g/mol. The van der Waals surface area contributed by atoms with Gasteiger partial charge in [0.2, 0.25) is 11.8 Å². The molecule has 0 bridgehead atoms. The smallest absolute Gasteiger partial charge is 0.242 e. The van der Waals surface area contributed by atoms with Gasteiger partial charge < -0.3 is 10.2 Å². The molecule has 25 heavy (non-hydrogen) atoms. The molecule has 0 aliphatic heterocycles.